The van der Waals surface area contributed by atoms with E-state index >= 15 is 0 Å². The Morgan fingerprint density at radius 3 is 2.37 bits per heavy atom. The summed E-state index contributed by atoms with van der Waals surface area (Å²) in [5.74, 6) is -1.58. The lowest BCUT2D eigenvalue weighted by atomic mass is 10.1. The zero-order valence-corrected chi connectivity index (χ0v) is 17.7. The van der Waals surface area contributed by atoms with Crippen molar-refractivity contribution in [1.29, 1.82) is 0 Å². The zero-order valence-electron chi connectivity index (χ0n) is 15.3. The molecular formula is C18H19BrN2O5S. The lowest BCUT2D eigenvalue weighted by Crippen LogP contribution is -2.22. The van der Waals surface area contributed by atoms with Gasteiger partial charge in [-0.25, -0.2) is 9.59 Å². The van der Waals surface area contributed by atoms with E-state index in [2.05, 4.69) is 26.6 Å². The predicted octanol–water partition coefficient (Wildman–Crippen LogP) is 3.75. The van der Waals surface area contributed by atoms with E-state index in [0.717, 1.165) is 27.1 Å². The molecular weight excluding hydrogens is 436 g/mol. The van der Waals surface area contributed by atoms with Gasteiger partial charge in [-0.15, -0.1) is 11.3 Å². The van der Waals surface area contributed by atoms with Gasteiger partial charge >= 0.3 is 11.9 Å². The van der Waals surface area contributed by atoms with Gasteiger partial charge in [0, 0.05) is 10.2 Å². The number of hydrogen-bond acceptors (Lipinski definition) is 7. The highest BCUT2D eigenvalue weighted by Gasteiger charge is 2.26. The third-order valence-electron chi connectivity index (χ3n) is 3.72. The van der Waals surface area contributed by atoms with Crippen LogP contribution in [0.25, 0.3) is 0 Å². The number of hydrogen-bond donors (Lipinski definition) is 2. The maximum atomic E-state index is 12.3. The Morgan fingerprint density at radius 2 is 1.78 bits per heavy atom. The molecule has 0 spiro atoms. The Bertz CT molecular complexity index is 894. The smallest absolute Gasteiger partial charge is 0.348 e. The molecule has 27 heavy (non-hydrogen) atoms. The summed E-state index contributed by atoms with van der Waals surface area (Å²) in [7, 11) is 2.49. The van der Waals surface area contributed by atoms with Crippen LogP contribution in [0.2, 0.25) is 0 Å². The number of ether oxygens (including phenoxy) is 2. The SMILES string of the molecule is COC(=O)c1sc(NC(=O)CNc2ccc(C)cc2Br)c(C(=O)OC)c1C. The molecule has 144 valence electrons. The molecule has 1 aromatic carbocycles. The molecule has 0 unspecified atom stereocenters. The van der Waals surface area contributed by atoms with Gasteiger partial charge < -0.3 is 20.1 Å². The van der Waals surface area contributed by atoms with E-state index in [1.807, 2.05) is 25.1 Å². The number of thiophene rings is 1. The van der Waals surface area contributed by atoms with E-state index in [-0.39, 0.29) is 27.9 Å². The first-order valence-corrected chi connectivity index (χ1v) is 9.49. The maximum Gasteiger partial charge on any atom is 0.348 e. The second kappa shape index (κ2) is 9.01. The number of nitrogens with one attached hydrogen (secondary N) is 2. The van der Waals surface area contributed by atoms with Crippen molar-refractivity contribution in [3.63, 3.8) is 0 Å². The minimum absolute atomic E-state index is 0.0211. The van der Waals surface area contributed by atoms with Crippen LogP contribution in [0.5, 0.6) is 0 Å². The Hall–Kier alpha value is -2.39. The van der Waals surface area contributed by atoms with Crippen LogP contribution in [-0.4, -0.2) is 38.6 Å². The molecule has 1 aromatic heterocycles. The van der Waals surface area contributed by atoms with Gasteiger partial charge in [-0.1, -0.05) is 6.07 Å². The normalized spacial score (nSPS) is 10.3. The van der Waals surface area contributed by atoms with Crippen LogP contribution in [0.4, 0.5) is 10.7 Å². The summed E-state index contributed by atoms with van der Waals surface area (Å²) in [5, 5.41) is 5.92. The van der Waals surface area contributed by atoms with Crippen LogP contribution in [0.3, 0.4) is 0 Å². The summed E-state index contributed by atoms with van der Waals surface area (Å²) >= 11 is 4.41. The Morgan fingerprint density at radius 1 is 1.11 bits per heavy atom. The highest BCUT2D eigenvalue weighted by molar-refractivity contribution is 9.10. The molecule has 2 aromatic rings. The molecule has 2 N–H and O–H groups in total. The van der Waals surface area contributed by atoms with E-state index in [1.54, 1.807) is 6.92 Å². The third kappa shape index (κ3) is 4.86. The van der Waals surface area contributed by atoms with Crippen molar-refractivity contribution < 1.29 is 23.9 Å². The summed E-state index contributed by atoms with van der Waals surface area (Å²) < 4.78 is 10.3. The first kappa shape index (κ1) is 20.9. The first-order chi connectivity index (χ1) is 12.8. The topological polar surface area (TPSA) is 93.7 Å². The van der Waals surface area contributed by atoms with E-state index < -0.39 is 11.9 Å². The molecule has 0 atom stereocenters. The molecule has 0 aliphatic heterocycles. The second-order valence-corrected chi connectivity index (χ2v) is 7.50. The lowest BCUT2D eigenvalue weighted by molar-refractivity contribution is -0.114. The average molecular weight is 455 g/mol. The van der Waals surface area contributed by atoms with Crippen molar-refractivity contribution in [2.45, 2.75) is 13.8 Å². The Kier molecular flexibility index (Phi) is 6.98. The number of halogens is 1. The number of carbonyl (C=O) groups is 3. The molecule has 9 heteroatoms. The zero-order chi connectivity index (χ0) is 20.1. The van der Waals surface area contributed by atoms with E-state index in [0.29, 0.717) is 5.56 Å². The molecule has 0 saturated heterocycles. The van der Waals surface area contributed by atoms with Crippen LogP contribution >= 0.6 is 27.3 Å². The van der Waals surface area contributed by atoms with Gasteiger partial charge in [0.25, 0.3) is 0 Å². The number of esters is 2. The van der Waals surface area contributed by atoms with Crippen molar-refractivity contribution >= 4 is 55.8 Å². The minimum atomic E-state index is -0.636. The average Bonchev–Trinajstić information content (AvgIpc) is 2.95. The fourth-order valence-electron chi connectivity index (χ4n) is 2.35. The van der Waals surface area contributed by atoms with Crippen molar-refractivity contribution in [3.05, 3.63) is 44.2 Å². The summed E-state index contributed by atoms with van der Waals surface area (Å²) in [6, 6.07) is 5.71. The van der Waals surface area contributed by atoms with Gasteiger partial charge in [-0.3, -0.25) is 4.79 Å². The Labute approximate surface area is 169 Å². The summed E-state index contributed by atoms with van der Waals surface area (Å²) in [6.07, 6.45) is 0. The summed E-state index contributed by atoms with van der Waals surface area (Å²) in [5.41, 5.74) is 2.40. The maximum absolute atomic E-state index is 12.3. The number of benzene rings is 1. The third-order valence-corrected chi connectivity index (χ3v) is 5.57. The van der Waals surface area contributed by atoms with E-state index in [9.17, 15) is 14.4 Å². The predicted molar refractivity (Wildman–Crippen MR) is 108 cm³/mol. The fraction of sp³-hybridized carbons (Fsp3) is 0.278. The summed E-state index contributed by atoms with van der Waals surface area (Å²) in [4.78, 5) is 36.5. The minimum Gasteiger partial charge on any atom is -0.465 e. The monoisotopic (exact) mass is 454 g/mol. The molecule has 0 fully saturated rings. The Balaban J connectivity index is 2.18. The van der Waals surface area contributed by atoms with Crippen molar-refractivity contribution in [1.82, 2.24) is 0 Å². The molecule has 7 nitrogen and oxygen atoms in total. The fourth-order valence-corrected chi connectivity index (χ4v) is 4.11. The summed E-state index contributed by atoms with van der Waals surface area (Å²) in [6.45, 7) is 3.55. The van der Waals surface area contributed by atoms with Crippen LogP contribution in [-0.2, 0) is 14.3 Å². The molecule has 0 aliphatic carbocycles. The number of amides is 1. The second-order valence-electron chi connectivity index (χ2n) is 5.63. The van der Waals surface area contributed by atoms with Gasteiger partial charge in [-0.05, 0) is 53.0 Å². The van der Waals surface area contributed by atoms with Gasteiger partial charge in [0.05, 0.1) is 26.3 Å². The highest BCUT2D eigenvalue weighted by Crippen LogP contribution is 2.34. The van der Waals surface area contributed by atoms with E-state index in [1.165, 1.54) is 14.2 Å². The molecule has 0 aliphatic rings. The number of rotatable bonds is 6. The number of methoxy groups -OCH3 is 2. The van der Waals surface area contributed by atoms with E-state index in [4.69, 9.17) is 9.47 Å². The van der Waals surface area contributed by atoms with Gasteiger partial charge in [0.2, 0.25) is 5.91 Å². The highest BCUT2D eigenvalue weighted by atomic mass is 79.9. The number of anilines is 2. The number of aryl methyl sites for hydroxylation is 1. The molecule has 2 rings (SSSR count). The largest absolute Gasteiger partial charge is 0.465 e. The molecule has 1 heterocycles. The van der Waals surface area contributed by atoms with Crippen molar-refractivity contribution in [2.75, 3.05) is 31.4 Å². The van der Waals surface area contributed by atoms with Crippen molar-refractivity contribution in [3.8, 4) is 0 Å². The van der Waals surface area contributed by atoms with Crippen LogP contribution < -0.4 is 10.6 Å². The molecule has 1 amide bonds. The van der Waals surface area contributed by atoms with Crippen LogP contribution in [0.15, 0.2) is 22.7 Å². The van der Waals surface area contributed by atoms with Crippen LogP contribution in [0, 0.1) is 13.8 Å². The quantitative estimate of drug-likeness (QED) is 0.645. The molecule has 0 bridgehead atoms. The van der Waals surface area contributed by atoms with Crippen LogP contribution in [0.1, 0.15) is 31.2 Å². The van der Waals surface area contributed by atoms with Gasteiger partial charge in [0.1, 0.15) is 9.88 Å². The van der Waals surface area contributed by atoms with Gasteiger partial charge in [-0.2, -0.15) is 0 Å². The molecule has 0 radical (unpaired) electrons. The lowest BCUT2D eigenvalue weighted by Gasteiger charge is -2.10. The standard InChI is InChI=1S/C18H19BrN2O5S/c1-9-5-6-12(11(19)7-9)20-8-13(22)21-16-14(17(23)25-3)10(2)15(27-16)18(24)26-4/h5-7,20H,8H2,1-4H3,(H,21,22). The molecule has 0 saturated carbocycles. The van der Waals surface area contributed by atoms with Crippen molar-refractivity contribution in [2.24, 2.45) is 0 Å². The van der Waals surface area contributed by atoms with Gasteiger partial charge in [0.15, 0.2) is 0 Å². The number of carbonyl (C=O) groups excluding carboxylic acids is 3. The first-order valence-electron chi connectivity index (χ1n) is 7.88.